The molecule has 2 amide bonds. The number of rotatable bonds is 5. The van der Waals surface area contributed by atoms with E-state index in [1.54, 1.807) is 13.8 Å². The number of fused-ring (bicyclic) bond motifs is 1. The lowest BCUT2D eigenvalue weighted by Crippen LogP contribution is -2.36. The molecule has 1 saturated heterocycles. The topological polar surface area (TPSA) is 92.8 Å². The van der Waals surface area contributed by atoms with Gasteiger partial charge in [-0.05, 0) is 51.3 Å². The Labute approximate surface area is 147 Å². The number of nitrogens with one attached hydrogen (secondary N) is 1. The van der Waals surface area contributed by atoms with Gasteiger partial charge in [0.25, 0.3) is 21.8 Å². The fraction of sp³-hybridized carbons (Fsp3) is 0.529. The van der Waals surface area contributed by atoms with Gasteiger partial charge in [-0.25, -0.2) is 12.7 Å². The zero-order valence-corrected chi connectivity index (χ0v) is 15.1. The first-order valence-electron chi connectivity index (χ1n) is 8.45. The molecule has 0 aromatic heterocycles. The number of sulfonamides is 1. The van der Waals surface area contributed by atoms with Crippen molar-refractivity contribution >= 4 is 21.8 Å². The Balaban J connectivity index is 1.74. The van der Waals surface area contributed by atoms with Crippen molar-refractivity contribution in [2.75, 3.05) is 13.2 Å². The van der Waals surface area contributed by atoms with E-state index >= 15 is 0 Å². The van der Waals surface area contributed by atoms with Gasteiger partial charge in [0, 0.05) is 24.8 Å². The van der Waals surface area contributed by atoms with E-state index in [-0.39, 0.29) is 28.0 Å². The lowest BCUT2D eigenvalue weighted by atomic mass is 10.1. The maximum Gasteiger partial charge on any atom is 0.269 e. The van der Waals surface area contributed by atoms with Crippen molar-refractivity contribution < 1.29 is 22.7 Å². The first kappa shape index (κ1) is 17.9. The van der Waals surface area contributed by atoms with Crippen LogP contribution in [0.25, 0.3) is 0 Å². The first-order chi connectivity index (χ1) is 11.8. The molecule has 1 aromatic carbocycles. The van der Waals surface area contributed by atoms with Gasteiger partial charge in [-0.2, -0.15) is 0 Å². The third-order valence-electron chi connectivity index (χ3n) is 4.46. The van der Waals surface area contributed by atoms with E-state index < -0.39 is 22.0 Å². The molecule has 1 aromatic rings. The highest BCUT2D eigenvalue weighted by Crippen LogP contribution is 2.32. The molecule has 136 valence electrons. The molecule has 0 radical (unpaired) electrons. The Morgan fingerprint density at radius 2 is 2.16 bits per heavy atom. The summed E-state index contributed by atoms with van der Waals surface area (Å²) in [6.45, 7) is 4.51. The molecular formula is C17H22N2O5S. The molecule has 0 bridgehead atoms. The van der Waals surface area contributed by atoms with Gasteiger partial charge >= 0.3 is 0 Å². The standard InChI is InChI=1S/C17H22N2O5S/c1-11(2)19-17(21)14-6-5-12(10-15(14)25(19,22)23)16(20)18-8-7-13-4-3-9-24-13/h5-6,10-11,13H,3-4,7-9H2,1-2H3,(H,18,20)/t13-/m0/s1. The zero-order valence-electron chi connectivity index (χ0n) is 14.3. The van der Waals surface area contributed by atoms with E-state index in [1.807, 2.05) is 0 Å². The van der Waals surface area contributed by atoms with Gasteiger partial charge in [0.2, 0.25) is 0 Å². The molecule has 25 heavy (non-hydrogen) atoms. The average Bonchev–Trinajstić information content (AvgIpc) is 3.12. The molecule has 0 unspecified atom stereocenters. The van der Waals surface area contributed by atoms with Gasteiger partial charge < -0.3 is 10.1 Å². The van der Waals surface area contributed by atoms with Crippen LogP contribution in [0.5, 0.6) is 0 Å². The number of hydrogen-bond donors (Lipinski definition) is 1. The maximum absolute atomic E-state index is 12.6. The van der Waals surface area contributed by atoms with Crippen molar-refractivity contribution in [2.24, 2.45) is 0 Å². The highest BCUT2D eigenvalue weighted by molar-refractivity contribution is 7.90. The van der Waals surface area contributed by atoms with Gasteiger partial charge in [-0.1, -0.05) is 0 Å². The minimum absolute atomic E-state index is 0.0991. The molecule has 1 fully saturated rings. The van der Waals surface area contributed by atoms with Crippen LogP contribution in [0.15, 0.2) is 23.1 Å². The Morgan fingerprint density at radius 3 is 2.80 bits per heavy atom. The number of amides is 2. The van der Waals surface area contributed by atoms with E-state index in [9.17, 15) is 18.0 Å². The van der Waals surface area contributed by atoms with Gasteiger partial charge in [-0.3, -0.25) is 9.59 Å². The molecular weight excluding hydrogens is 344 g/mol. The summed E-state index contributed by atoms with van der Waals surface area (Å²) in [6.07, 6.45) is 2.95. The molecule has 3 rings (SSSR count). The molecule has 0 saturated carbocycles. The summed E-state index contributed by atoms with van der Waals surface area (Å²) >= 11 is 0. The number of carbonyl (C=O) groups is 2. The van der Waals surface area contributed by atoms with Crippen LogP contribution in [-0.2, 0) is 14.8 Å². The third-order valence-corrected chi connectivity index (χ3v) is 6.46. The van der Waals surface area contributed by atoms with Gasteiger partial charge in [0.15, 0.2) is 0 Å². The zero-order chi connectivity index (χ0) is 18.2. The second kappa shape index (κ2) is 6.76. The summed E-state index contributed by atoms with van der Waals surface area (Å²) in [5.41, 5.74) is 0.345. The van der Waals surface area contributed by atoms with Crippen LogP contribution in [0.3, 0.4) is 0 Å². The first-order valence-corrected chi connectivity index (χ1v) is 9.89. The monoisotopic (exact) mass is 366 g/mol. The van der Waals surface area contributed by atoms with Crippen LogP contribution in [0.4, 0.5) is 0 Å². The van der Waals surface area contributed by atoms with Crippen LogP contribution >= 0.6 is 0 Å². The number of nitrogens with zero attached hydrogens (tertiary/aromatic N) is 1. The summed E-state index contributed by atoms with van der Waals surface area (Å²) < 4.78 is 31.5. The number of carbonyl (C=O) groups excluding carboxylic acids is 2. The SMILES string of the molecule is CC(C)N1C(=O)c2ccc(C(=O)NCC[C@@H]3CCCO3)cc2S1(=O)=O. The van der Waals surface area contributed by atoms with Crippen molar-refractivity contribution in [2.45, 2.75) is 50.2 Å². The lowest BCUT2D eigenvalue weighted by molar-refractivity contribution is 0.0844. The minimum Gasteiger partial charge on any atom is -0.378 e. The van der Waals surface area contributed by atoms with E-state index in [4.69, 9.17) is 4.74 Å². The fourth-order valence-corrected chi connectivity index (χ4v) is 5.01. The van der Waals surface area contributed by atoms with Crippen LogP contribution in [0, 0.1) is 0 Å². The highest BCUT2D eigenvalue weighted by Gasteiger charge is 2.42. The predicted octanol–water partition coefficient (Wildman–Crippen LogP) is 1.54. The van der Waals surface area contributed by atoms with Crippen molar-refractivity contribution in [3.63, 3.8) is 0 Å². The molecule has 1 atom stereocenters. The molecule has 2 heterocycles. The molecule has 2 aliphatic heterocycles. The predicted molar refractivity (Wildman–Crippen MR) is 90.9 cm³/mol. The smallest absolute Gasteiger partial charge is 0.269 e. The van der Waals surface area contributed by atoms with E-state index in [1.165, 1.54) is 18.2 Å². The second-order valence-electron chi connectivity index (χ2n) is 6.59. The summed E-state index contributed by atoms with van der Waals surface area (Å²) in [5, 5.41) is 2.78. The van der Waals surface area contributed by atoms with Gasteiger partial charge in [-0.15, -0.1) is 0 Å². The number of ether oxygens (including phenoxy) is 1. The Hall–Kier alpha value is -1.93. The lowest BCUT2D eigenvalue weighted by Gasteiger charge is -2.18. The summed E-state index contributed by atoms with van der Waals surface area (Å²) in [4.78, 5) is 24.5. The van der Waals surface area contributed by atoms with Crippen LogP contribution < -0.4 is 5.32 Å². The molecule has 0 spiro atoms. The number of hydrogen-bond acceptors (Lipinski definition) is 5. The van der Waals surface area contributed by atoms with Gasteiger partial charge in [0.05, 0.1) is 11.7 Å². The van der Waals surface area contributed by atoms with Crippen molar-refractivity contribution in [3.05, 3.63) is 29.3 Å². The van der Waals surface area contributed by atoms with E-state index in [0.29, 0.717) is 6.54 Å². The van der Waals surface area contributed by atoms with E-state index in [0.717, 1.165) is 30.2 Å². The second-order valence-corrected chi connectivity index (χ2v) is 8.37. The molecule has 8 heteroatoms. The van der Waals surface area contributed by atoms with Crippen LogP contribution in [0.1, 0.15) is 53.8 Å². The average molecular weight is 366 g/mol. The highest BCUT2D eigenvalue weighted by atomic mass is 32.2. The maximum atomic E-state index is 12.6. The Bertz CT molecular complexity index is 797. The fourth-order valence-electron chi connectivity index (χ4n) is 3.22. The third kappa shape index (κ3) is 3.28. The van der Waals surface area contributed by atoms with Crippen LogP contribution in [0.2, 0.25) is 0 Å². The molecule has 0 aliphatic carbocycles. The largest absolute Gasteiger partial charge is 0.378 e. The quantitative estimate of drug-likeness (QED) is 0.853. The van der Waals surface area contributed by atoms with Crippen molar-refractivity contribution in [3.8, 4) is 0 Å². The molecule has 2 aliphatic rings. The van der Waals surface area contributed by atoms with Gasteiger partial charge in [0.1, 0.15) is 4.90 Å². The molecule has 7 nitrogen and oxygen atoms in total. The minimum atomic E-state index is -3.90. The Morgan fingerprint density at radius 1 is 1.40 bits per heavy atom. The molecule has 1 N–H and O–H groups in total. The normalized spacial score (nSPS) is 21.6. The van der Waals surface area contributed by atoms with E-state index in [2.05, 4.69) is 5.32 Å². The van der Waals surface area contributed by atoms with Crippen molar-refractivity contribution in [1.82, 2.24) is 9.62 Å². The summed E-state index contributed by atoms with van der Waals surface area (Å²) in [5.74, 6) is -0.901. The summed E-state index contributed by atoms with van der Waals surface area (Å²) in [6, 6.07) is 3.70. The van der Waals surface area contributed by atoms with Crippen molar-refractivity contribution in [1.29, 1.82) is 0 Å². The van der Waals surface area contributed by atoms with Crippen LogP contribution in [-0.4, -0.2) is 49.8 Å². The summed E-state index contributed by atoms with van der Waals surface area (Å²) in [7, 11) is -3.90. The number of benzene rings is 1. The Kier molecular flexibility index (Phi) is 4.83.